The Hall–Kier alpha value is -1.00. The monoisotopic (exact) mass is 312 g/mol. The van der Waals surface area contributed by atoms with Crippen molar-refractivity contribution in [2.24, 2.45) is 5.92 Å². The lowest BCUT2D eigenvalue weighted by Crippen LogP contribution is -2.26. The minimum atomic E-state index is 0. The number of hydrogen-bond donors (Lipinski definition) is 1. The number of halogens is 1. The lowest BCUT2D eigenvalue weighted by molar-refractivity contribution is 0.117. The zero-order valence-corrected chi connectivity index (χ0v) is 13.5. The van der Waals surface area contributed by atoms with Crippen LogP contribution in [0.25, 0.3) is 0 Å². The van der Waals surface area contributed by atoms with Gasteiger partial charge in [0.25, 0.3) is 0 Å². The molecule has 0 bridgehead atoms. The third-order valence-corrected chi connectivity index (χ3v) is 4.37. The van der Waals surface area contributed by atoms with E-state index in [0.717, 1.165) is 24.5 Å². The molecule has 1 aromatic rings. The van der Waals surface area contributed by atoms with E-state index in [9.17, 15) is 0 Å². The molecule has 1 atom stereocenters. The Labute approximate surface area is 133 Å². The van der Waals surface area contributed by atoms with Crippen LogP contribution in [0.3, 0.4) is 0 Å². The van der Waals surface area contributed by atoms with Crippen LogP contribution in [-0.2, 0) is 6.54 Å². The number of pyridine rings is 1. The third-order valence-electron chi connectivity index (χ3n) is 4.37. The lowest BCUT2D eigenvalue weighted by atomic mass is 9.86. The van der Waals surface area contributed by atoms with E-state index in [1.54, 1.807) is 0 Å². The Morgan fingerprint density at radius 3 is 2.90 bits per heavy atom. The van der Waals surface area contributed by atoms with Gasteiger partial charge in [0.15, 0.2) is 0 Å². The van der Waals surface area contributed by atoms with Gasteiger partial charge in [-0.15, -0.1) is 12.4 Å². The van der Waals surface area contributed by atoms with Crippen LogP contribution in [0.5, 0.6) is 11.8 Å². The van der Waals surface area contributed by atoms with Crippen molar-refractivity contribution in [2.75, 3.05) is 13.2 Å². The number of aromatic nitrogens is 1. The molecule has 2 aliphatic rings. The van der Waals surface area contributed by atoms with Crippen molar-refractivity contribution >= 4 is 12.4 Å². The topological polar surface area (TPSA) is 43.4 Å². The molecule has 2 heterocycles. The molecule has 1 unspecified atom stereocenters. The molecule has 0 amide bonds. The normalized spacial score (nSPS) is 20.4. The smallest absolute Gasteiger partial charge is 0.221 e. The van der Waals surface area contributed by atoms with Crippen LogP contribution in [0.4, 0.5) is 0 Å². The van der Waals surface area contributed by atoms with Crippen LogP contribution in [0, 0.1) is 5.92 Å². The van der Waals surface area contributed by atoms with Crippen LogP contribution in [-0.4, -0.2) is 24.2 Å². The van der Waals surface area contributed by atoms with Gasteiger partial charge in [0.1, 0.15) is 12.7 Å². The predicted octanol–water partition coefficient (Wildman–Crippen LogP) is 3.33. The first kappa shape index (κ1) is 16.4. The fraction of sp³-hybridized carbons (Fsp3) is 0.688. The number of nitrogens with one attached hydrogen (secondary N) is 1. The maximum Gasteiger partial charge on any atom is 0.221 e. The van der Waals surface area contributed by atoms with E-state index in [-0.39, 0.29) is 18.5 Å². The quantitative estimate of drug-likeness (QED) is 0.929. The van der Waals surface area contributed by atoms with Gasteiger partial charge in [-0.2, -0.15) is 4.98 Å². The molecule has 0 radical (unpaired) electrons. The van der Waals surface area contributed by atoms with E-state index < -0.39 is 0 Å². The second-order valence-corrected chi connectivity index (χ2v) is 5.86. The Balaban J connectivity index is 0.00000161. The standard InChI is InChI=1S/C16H24N2O2.ClH/c1-12(13-5-3-2-4-6-13)20-15-8-7-14-11-17-9-10-19-16(14)18-15;/h7-8,12-13,17H,2-6,9-11H2,1H3;1H. The van der Waals surface area contributed by atoms with Crippen molar-refractivity contribution in [1.82, 2.24) is 10.3 Å². The van der Waals surface area contributed by atoms with E-state index in [2.05, 4.69) is 23.3 Å². The molecule has 0 spiro atoms. The summed E-state index contributed by atoms with van der Waals surface area (Å²) in [5, 5.41) is 3.31. The van der Waals surface area contributed by atoms with E-state index in [0.29, 0.717) is 18.4 Å². The van der Waals surface area contributed by atoms with Gasteiger partial charge in [-0.3, -0.25) is 0 Å². The molecule has 118 valence electrons. The number of nitrogens with zero attached hydrogens (tertiary/aromatic N) is 1. The lowest BCUT2D eigenvalue weighted by Gasteiger charge is -2.27. The summed E-state index contributed by atoms with van der Waals surface area (Å²) in [4.78, 5) is 4.52. The zero-order valence-electron chi connectivity index (χ0n) is 12.6. The van der Waals surface area contributed by atoms with Gasteiger partial charge in [-0.05, 0) is 31.7 Å². The first-order valence-electron chi connectivity index (χ1n) is 7.83. The highest BCUT2D eigenvalue weighted by atomic mass is 35.5. The fourth-order valence-corrected chi connectivity index (χ4v) is 3.11. The summed E-state index contributed by atoms with van der Waals surface area (Å²) >= 11 is 0. The van der Waals surface area contributed by atoms with Gasteiger partial charge in [0.2, 0.25) is 11.8 Å². The Bertz CT molecular complexity index is 450. The Morgan fingerprint density at radius 1 is 1.29 bits per heavy atom. The molecule has 1 N–H and O–H groups in total. The largest absolute Gasteiger partial charge is 0.476 e. The average Bonchev–Trinajstić information content (AvgIpc) is 2.73. The second-order valence-electron chi connectivity index (χ2n) is 5.86. The first-order chi connectivity index (χ1) is 9.83. The highest BCUT2D eigenvalue weighted by molar-refractivity contribution is 5.85. The fourth-order valence-electron chi connectivity index (χ4n) is 3.11. The van der Waals surface area contributed by atoms with Crippen LogP contribution in [0.1, 0.15) is 44.6 Å². The second kappa shape index (κ2) is 7.85. The molecule has 1 aliphatic heterocycles. The molecule has 4 nitrogen and oxygen atoms in total. The summed E-state index contributed by atoms with van der Waals surface area (Å²) in [5.41, 5.74) is 1.11. The highest BCUT2D eigenvalue weighted by Crippen LogP contribution is 2.29. The van der Waals surface area contributed by atoms with Crippen LogP contribution < -0.4 is 14.8 Å². The molecule has 0 aromatic carbocycles. The molecule has 1 fully saturated rings. The first-order valence-corrected chi connectivity index (χ1v) is 7.83. The van der Waals surface area contributed by atoms with Crippen molar-refractivity contribution in [1.29, 1.82) is 0 Å². The summed E-state index contributed by atoms with van der Waals surface area (Å²) in [6.45, 7) is 4.53. The average molecular weight is 313 g/mol. The van der Waals surface area contributed by atoms with Crippen molar-refractivity contribution in [3.05, 3.63) is 17.7 Å². The van der Waals surface area contributed by atoms with Gasteiger partial charge in [-0.25, -0.2) is 0 Å². The minimum absolute atomic E-state index is 0. The maximum atomic E-state index is 6.05. The predicted molar refractivity (Wildman–Crippen MR) is 85.4 cm³/mol. The van der Waals surface area contributed by atoms with Gasteiger partial charge in [-0.1, -0.05) is 19.3 Å². The summed E-state index contributed by atoms with van der Waals surface area (Å²) in [6.07, 6.45) is 6.86. The molecule has 1 aromatic heterocycles. The molecule has 0 saturated heterocycles. The SMILES string of the molecule is CC(Oc1ccc2c(n1)OCCNC2)C1CCCCC1.Cl. The molecular weight excluding hydrogens is 288 g/mol. The number of ether oxygens (including phenoxy) is 2. The van der Waals surface area contributed by atoms with E-state index >= 15 is 0 Å². The van der Waals surface area contributed by atoms with Gasteiger partial charge >= 0.3 is 0 Å². The highest BCUT2D eigenvalue weighted by Gasteiger charge is 2.22. The van der Waals surface area contributed by atoms with E-state index in [1.165, 1.54) is 32.1 Å². The van der Waals surface area contributed by atoms with Crippen LogP contribution in [0.15, 0.2) is 12.1 Å². The maximum absolute atomic E-state index is 6.05. The van der Waals surface area contributed by atoms with Crippen LogP contribution >= 0.6 is 12.4 Å². The third kappa shape index (κ3) is 4.24. The molecule has 5 heteroatoms. The molecule has 3 rings (SSSR count). The van der Waals surface area contributed by atoms with Crippen molar-refractivity contribution in [3.8, 4) is 11.8 Å². The van der Waals surface area contributed by atoms with Crippen LogP contribution in [0.2, 0.25) is 0 Å². The van der Waals surface area contributed by atoms with Crippen molar-refractivity contribution in [2.45, 2.75) is 51.7 Å². The summed E-state index contributed by atoms with van der Waals surface area (Å²) in [5.74, 6) is 2.10. The zero-order chi connectivity index (χ0) is 13.8. The van der Waals surface area contributed by atoms with Crippen molar-refractivity contribution in [3.63, 3.8) is 0 Å². The van der Waals surface area contributed by atoms with Gasteiger partial charge in [0, 0.05) is 24.7 Å². The Kier molecular flexibility index (Phi) is 6.12. The minimum Gasteiger partial charge on any atom is -0.476 e. The van der Waals surface area contributed by atoms with Gasteiger partial charge < -0.3 is 14.8 Å². The van der Waals surface area contributed by atoms with E-state index in [1.807, 2.05) is 6.07 Å². The number of fused-ring (bicyclic) bond motifs is 1. The van der Waals surface area contributed by atoms with Crippen molar-refractivity contribution < 1.29 is 9.47 Å². The molecular formula is C16H25ClN2O2. The molecule has 1 saturated carbocycles. The number of rotatable bonds is 3. The van der Waals surface area contributed by atoms with E-state index in [4.69, 9.17) is 9.47 Å². The summed E-state index contributed by atoms with van der Waals surface area (Å²) < 4.78 is 11.7. The Morgan fingerprint density at radius 2 is 2.10 bits per heavy atom. The summed E-state index contributed by atoms with van der Waals surface area (Å²) in [6, 6.07) is 4.03. The number of hydrogen-bond acceptors (Lipinski definition) is 4. The molecule has 21 heavy (non-hydrogen) atoms. The van der Waals surface area contributed by atoms with Gasteiger partial charge in [0.05, 0.1) is 0 Å². The summed E-state index contributed by atoms with van der Waals surface area (Å²) in [7, 11) is 0. The molecule has 1 aliphatic carbocycles.